The van der Waals surface area contributed by atoms with Gasteiger partial charge in [-0.2, -0.15) is 0 Å². The van der Waals surface area contributed by atoms with E-state index in [9.17, 15) is 13.2 Å². The van der Waals surface area contributed by atoms with Crippen LogP contribution in [0.2, 0.25) is 0 Å². The first-order valence-corrected chi connectivity index (χ1v) is 11.7. The number of para-hydroxylation sites is 2. The second kappa shape index (κ2) is 10.9. The number of rotatable bonds is 11. The summed E-state index contributed by atoms with van der Waals surface area (Å²) in [6, 6.07) is 14.6. The summed E-state index contributed by atoms with van der Waals surface area (Å²) in [5, 5.41) is 2.79. The van der Waals surface area contributed by atoms with Crippen LogP contribution in [-0.2, 0) is 21.2 Å². The summed E-state index contributed by atoms with van der Waals surface area (Å²) >= 11 is 0. The lowest BCUT2D eigenvalue weighted by molar-refractivity contribution is -0.119. The standard InChI is InChI=1S/C22H30N2O5S/c1-17(2)29-19-11-7-9-18(15-19)10-8-14-23-22(25)16-24(30(4,26)27)20-12-5-6-13-21(20)28-3/h5-7,9,11-13,15,17H,8,10,14,16H2,1-4H3,(H,23,25). The number of hydrogen-bond acceptors (Lipinski definition) is 5. The van der Waals surface area contributed by atoms with Gasteiger partial charge in [0.05, 0.1) is 25.2 Å². The maximum atomic E-state index is 12.4. The van der Waals surface area contributed by atoms with Gasteiger partial charge in [-0.25, -0.2) is 8.42 Å². The molecule has 164 valence electrons. The molecular formula is C22H30N2O5S. The first-order valence-electron chi connectivity index (χ1n) is 9.83. The Labute approximate surface area is 179 Å². The topological polar surface area (TPSA) is 84.9 Å². The van der Waals surface area contributed by atoms with Gasteiger partial charge in [-0.3, -0.25) is 9.10 Å². The zero-order valence-corrected chi connectivity index (χ0v) is 18.7. The van der Waals surface area contributed by atoms with Gasteiger partial charge in [0.1, 0.15) is 18.0 Å². The summed E-state index contributed by atoms with van der Waals surface area (Å²) in [4.78, 5) is 12.4. The minimum atomic E-state index is -3.66. The van der Waals surface area contributed by atoms with Gasteiger partial charge in [-0.1, -0.05) is 24.3 Å². The first-order chi connectivity index (χ1) is 14.2. The van der Waals surface area contributed by atoms with Crippen LogP contribution in [-0.4, -0.2) is 46.9 Å². The highest BCUT2D eigenvalue weighted by molar-refractivity contribution is 7.92. The average molecular weight is 435 g/mol. The van der Waals surface area contributed by atoms with E-state index in [2.05, 4.69) is 5.32 Å². The van der Waals surface area contributed by atoms with Crippen molar-refractivity contribution in [1.82, 2.24) is 5.32 Å². The Morgan fingerprint density at radius 2 is 1.87 bits per heavy atom. The molecule has 0 aromatic heterocycles. The predicted molar refractivity (Wildman–Crippen MR) is 119 cm³/mol. The number of benzene rings is 2. The van der Waals surface area contributed by atoms with Crippen LogP contribution in [0.4, 0.5) is 5.69 Å². The van der Waals surface area contributed by atoms with Gasteiger partial charge in [0.2, 0.25) is 15.9 Å². The highest BCUT2D eigenvalue weighted by Gasteiger charge is 2.23. The lowest BCUT2D eigenvalue weighted by Gasteiger charge is -2.23. The second-order valence-corrected chi connectivity index (χ2v) is 9.12. The number of ether oxygens (including phenoxy) is 2. The maximum absolute atomic E-state index is 12.4. The maximum Gasteiger partial charge on any atom is 0.240 e. The minimum Gasteiger partial charge on any atom is -0.495 e. The summed E-state index contributed by atoms with van der Waals surface area (Å²) in [6.07, 6.45) is 2.68. The molecule has 1 N–H and O–H groups in total. The smallest absolute Gasteiger partial charge is 0.240 e. The summed E-state index contributed by atoms with van der Waals surface area (Å²) in [7, 11) is -2.20. The second-order valence-electron chi connectivity index (χ2n) is 7.21. The fourth-order valence-electron chi connectivity index (χ4n) is 2.97. The van der Waals surface area contributed by atoms with E-state index in [4.69, 9.17) is 9.47 Å². The number of carbonyl (C=O) groups is 1. The summed E-state index contributed by atoms with van der Waals surface area (Å²) < 4.78 is 36.5. The van der Waals surface area contributed by atoms with Crippen molar-refractivity contribution >= 4 is 21.6 Å². The molecule has 0 aliphatic rings. The number of nitrogens with zero attached hydrogens (tertiary/aromatic N) is 1. The van der Waals surface area contributed by atoms with Crippen molar-refractivity contribution in [3.8, 4) is 11.5 Å². The van der Waals surface area contributed by atoms with Gasteiger partial charge in [0.15, 0.2) is 0 Å². The van der Waals surface area contributed by atoms with Crippen LogP contribution in [0.25, 0.3) is 0 Å². The normalized spacial score (nSPS) is 11.2. The number of amides is 1. The third-order valence-electron chi connectivity index (χ3n) is 4.28. The quantitative estimate of drug-likeness (QED) is 0.550. The SMILES string of the molecule is COc1ccccc1N(CC(=O)NCCCc1cccc(OC(C)C)c1)S(C)(=O)=O. The number of nitrogens with one attached hydrogen (secondary N) is 1. The Morgan fingerprint density at radius 1 is 1.13 bits per heavy atom. The largest absolute Gasteiger partial charge is 0.495 e. The number of anilines is 1. The van der Waals surface area contributed by atoms with Crippen molar-refractivity contribution in [2.45, 2.75) is 32.8 Å². The molecule has 2 aromatic rings. The molecule has 8 heteroatoms. The molecule has 0 heterocycles. The lowest BCUT2D eigenvalue weighted by atomic mass is 10.1. The van der Waals surface area contributed by atoms with Crippen LogP contribution in [0.3, 0.4) is 0 Å². The summed E-state index contributed by atoms with van der Waals surface area (Å²) in [5.74, 6) is 0.842. The van der Waals surface area contributed by atoms with E-state index >= 15 is 0 Å². The Morgan fingerprint density at radius 3 is 2.53 bits per heavy atom. The fraction of sp³-hybridized carbons (Fsp3) is 0.409. The zero-order chi connectivity index (χ0) is 22.1. The molecule has 0 bridgehead atoms. The third-order valence-corrected chi connectivity index (χ3v) is 5.40. The molecule has 0 fully saturated rings. The van der Waals surface area contributed by atoms with E-state index in [0.29, 0.717) is 18.0 Å². The molecule has 2 aromatic carbocycles. The van der Waals surface area contributed by atoms with Gasteiger partial charge in [0.25, 0.3) is 0 Å². The van der Waals surface area contributed by atoms with Crippen molar-refractivity contribution in [3.63, 3.8) is 0 Å². The van der Waals surface area contributed by atoms with E-state index in [1.54, 1.807) is 24.3 Å². The number of methoxy groups -OCH3 is 1. The predicted octanol–water partition coefficient (Wildman–Crippen LogP) is 3.00. The van der Waals surface area contributed by atoms with E-state index < -0.39 is 10.0 Å². The Kier molecular flexibility index (Phi) is 8.53. The number of aryl methyl sites for hydroxylation is 1. The molecule has 0 unspecified atom stereocenters. The molecular weight excluding hydrogens is 404 g/mol. The van der Waals surface area contributed by atoms with Crippen molar-refractivity contribution in [1.29, 1.82) is 0 Å². The van der Waals surface area contributed by atoms with Crippen LogP contribution in [0, 0.1) is 0 Å². The van der Waals surface area contributed by atoms with Gasteiger partial charge < -0.3 is 14.8 Å². The molecule has 0 saturated heterocycles. The van der Waals surface area contributed by atoms with Crippen molar-refractivity contribution in [2.75, 3.05) is 30.8 Å². The van der Waals surface area contributed by atoms with Crippen molar-refractivity contribution in [2.24, 2.45) is 0 Å². The molecule has 0 radical (unpaired) electrons. The monoisotopic (exact) mass is 434 g/mol. The van der Waals surface area contributed by atoms with Gasteiger partial charge in [-0.15, -0.1) is 0 Å². The zero-order valence-electron chi connectivity index (χ0n) is 17.9. The molecule has 2 rings (SSSR count). The Bertz CT molecular complexity index is 944. The number of carbonyl (C=O) groups excluding carboxylic acids is 1. The molecule has 0 spiro atoms. The first kappa shape index (κ1) is 23.5. The summed E-state index contributed by atoms with van der Waals surface area (Å²) in [5.41, 5.74) is 1.45. The summed E-state index contributed by atoms with van der Waals surface area (Å²) in [6.45, 7) is 4.09. The molecule has 0 atom stereocenters. The molecule has 7 nitrogen and oxygen atoms in total. The lowest BCUT2D eigenvalue weighted by Crippen LogP contribution is -2.40. The van der Waals surface area contributed by atoms with E-state index in [-0.39, 0.29) is 18.6 Å². The Hall–Kier alpha value is -2.74. The van der Waals surface area contributed by atoms with Gasteiger partial charge in [-0.05, 0) is 56.5 Å². The van der Waals surface area contributed by atoms with Crippen LogP contribution >= 0.6 is 0 Å². The number of hydrogen-bond donors (Lipinski definition) is 1. The highest BCUT2D eigenvalue weighted by atomic mass is 32.2. The van der Waals surface area contributed by atoms with Crippen molar-refractivity contribution in [3.05, 3.63) is 54.1 Å². The van der Waals surface area contributed by atoms with Crippen LogP contribution in [0.5, 0.6) is 11.5 Å². The Balaban J connectivity index is 1.91. The fourth-order valence-corrected chi connectivity index (χ4v) is 3.83. The molecule has 0 saturated carbocycles. The molecule has 0 aliphatic heterocycles. The molecule has 30 heavy (non-hydrogen) atoms. The van der Waals surface area contributed by atoms with Gasteiger partial charge >= 0.3 is 0 Å². The molecule has 0 aliphatic carbocycles. The van der Waals surface area contributed by atoms with Crippen LogP contribution in [0.1, 0.15) is 25.8 Å². The third kappa shape index (κ3) is 7.26. The van der Waals surface area contributed by atoms with Crippen LogP contribution < -0.4 is 19.1 Å². The highest BCUT2D eigenvalue weighted by Crippen LogP contribution is 2.29. The van der Waals surface area contributed by atoms with Crippen LogP contribution in [0.15, 0.2) is 48.5 Å². The average Bonchev–Trinajstić information content (AvgIpc) is 2.68. The molecule has 1 amide bonds. The van der Waals surface area contributed by atoms with E-state index in [0.717, 1.165) is 34.7 Å². The minimum absolute atomic E-state index is 0.112. The van der Waals surface area contributed by atoms with Crippen molar-refractivity contribution < 1.29 is 22.7 Å². The number of sulfonamides is 1. The van der Waals surface area contributed by atoms with Gasteiger partial charge in [0, 0.05) is 6.54 Å². The van der Waals surface area contributed by atoms with E-state index in [1.807, 2.05) is 38.1 Å². The van der Waals surface area contributed by atoms with E-state index in [1.165, 1.54) is 7.11 Å².